The van der Waals surface area contributed by atoms with E-state index in [9.17, 15) is 14.7 Å². The summed E-state index contributed by atoms with van der Waals surface area (Å²) in [7, 11) is 0. The number of likely N-dealkylation sites (tertiary alicyclic amines) is 1. The van der Waals surface area contributed by atoms with Crippen LogP contribution in [0.2, 0.25) is 0 Å². The average molecular weight is 242 g/mol. The number of nitrogens with one attached hydrogen (secondary N) is 1. The van der Waals surface area contributed by atoms with Gasteiger partial charge < -0.3 is 20.4 Å². The SMILES string of the molecule is O=C(O)[C@@H]1CCCCN1C(=O)C1CC(O)CN1. The third kappa shape index (κ3) is 2.58. The van der Waals surface area contributed by atoms with E-state index in [0.717, 1.165) is 12.8 Å². The molecule has 0 aromatic carbocycles. The summed E-state index contributed by atoms with van der Waals surface area (Å²) < 4.78 is 0. The highest BCUT2D eigenvalue weighted by molar-refractivity contribution is 5.87. The Hall–Kier alpha value is -1.14. The first-order valence-corrected chi connectivity index (χ1v) is 6.04. The van der Waals surface area contributed by atoms with Gasteiger partial charge in [0.25, 0.3) is 0 Å². The molecular formula is C11H18N2O4. The molecule has 0 spiro atoms. The van der Waals surface area contributed by atoms with Crippen molar-refractivity contribution in [3.8, 4) is 0 Å². The second kappa shape index (κ2) is 5.01. The summed E-state index contributed by atoms with van der Waals surface area (Å²) in [6.07, 6.45) is 2.10. The minimum atomic E-state index is -0.934. The monoisotopic (exact) mass is 242 g/mol. The zero-order valence-electron chi connectivity index (χ0n) is 9.63. The first-order valence-electron chi connectivity index (χ1n) is 6.04. The molecule has 0 aromatic heterocycles. The van der Waals surface area contributed by atoms with Crippen LogP contribution in [0.1, 0.15) is 25.7 Å². The summed E-state index contributed by atoms with van der Waals surface area (Å²) in [5.41, 5.74) is 0. The summed E-state index contributed by atoms with van der Waals surface area (Å²) in [4.78, 5) is 24.7. The Morgan fingerprint density at radius 2 is 2.06 bits per heavy atom. The molecule has 0 saturated carbocycles. The number of hydrogen-bond acceptors (Lipinski definition) is 4. The molecule has 2 unspecified atom stereocenters. The van der Waals surface area contributed by atoms with Gasteiger partial charge in [0, 0.05) is 13.1 Å². The molecule has 1 amide bonds. The smallest absolute Gasteiger partial charge is 0.326 e. The number of rotatable bonds is 2. The van der Waals surface area contributed by atoms with Gasteiger partial charge in [0.2, 0.25) is 5.91 Å². The fraction of sp³-hybridized carbons (Fsp3) is 0.818. The lowest BCUT2D eigenvalue weighted by atomic mass is 10.0. The summed E-state index contributed by atoms with van der Waals surface area (Å²) in [5.74, 6) is -1.12. The van der Waals surface area contributed by atoms with E-state index in [2.05, 4.69) is 5.32 Å². The minimum absolute atomic E-state index is 0.186. The number of aliphatic hydroxyl groups is 1. The molecule has 2 saturated heterocycles. The maximum atomic E-state index is 12.1. The van der Waals surface area contributed by atoms with E-state index in [1.54, 1.807) is 0 Å². The van der Waals surface area contributed by atoms with Gasteiger partial charge in [-0.05, 0) is 25.7 Å². The van der Waals surface area contributed by atoms with Crippen molar-refractivity contribution in [1.29, 1.82) is 0 Å². The molecule has 17 heavy (non-hydrogen) atoms. The number of nitrogens with zero attached hydrogens (tertiary/aromatic N) is 1. The van der Waals surface area contributed by atoms with Crippen molar-refractivity contribution in [2.24, 2.45) is 0 Å². The van der Waals surface area contributed by atoms with Gasteiger partial charge >= 0.3 is 5.97 Å². The van der Waals surface area contributed by atoms with Crippen LogP contribution in [-0.4, -0.2) is 58.3 Å². The van der Waals surface area contributed by atoms with Crippen LogP contribution in [0.3, 0.4) is 0 Å². The highest BCUT2D eigenvalue weighted by Crippen LogP contribution is 2.20. The van der Waals surface area contributed by atoms with E-state index in [-0.39, 0.29) is 5.91 Å². The molecule has 0 aliphatic carbocycles. The predicted molar refractivity (Wildman–Crippen MR) is 59.4 cm³/mol. The average Bonchev–Trinajstić information content (AvgIpc) is 2.75. The maximum Gasteiger partial charge on any atom is 0.326 e. The Labute approximate surface area is 99.6 Å². The van der Waals surface area contributed by atoms with E-state index in [1.807, 2.05) is 0 Å². The summed E-state index contributed by atoms with van der Waals surface area (Å²) in [6.45, 7) is 0.909. The number of β-amino-alcohol motifs (C(OH)–C–C–N with tert-alkyl or cyclic N) is 1. The van der Waals surface area contributed by atoms with Crippen molar-refractivity contribution in [3.05, 3.63) is 0 Å². The molecule has 2 aliphatic rings. The number of hydrogen-bond donors (Lipinski definition) is 3. The molecule has 2 aliphatic heterocycles. The van der Waals surface area contributed by atoms with Gasteiger partial charge in [-0.1, -0.05) is 0 Å². The predicted octanol–water partition coefficient (Wildman–Crippen LogP) is -0.825. The molecule has 0 bridgehead atoms. The molecule has 6 nitrogen and oxygen atoms in total. The fourth-order valence-electron chi connectivity index (χ4n) is 2.56. The third-order valence-electron chi connectivity index (χ3n) is 3.48. The van der Waals surface area contributed by atoms with Crippen molar-refractivity contribution in [2.45, 2.75) is 43.9 Å². The second-order valence-corrected chi connectivity index (χ2v) is 4.73. The Kier molecular flexibility index (Phi) is 3.63. The Bertz CT molecular complexity index is 321. The van der Waals surface area contributed by atoms with Crippen molar-refractivity contribution in [1.82, 2.24) is 10.2 Å². The first kappa shape index (κ1) is 12.3. The van der Waals surface area contributed by atoms with E-state index in [0.29, 0.717) is 25.9 Å². The van der Waals surface area contributed by atoms with Crippen molar-refractivity contribution < 1.29 is 19.8 Å². The Morgan fingerprint density at radius 3 is 2.65 bits per heavy atom. The van der Waals surface area contributed by atoms with Crippen LogP contribution in [0.4, 0.5) is 0 Å². The van der Waals surface area contributed by atoms with Gasteiger partial charge in [0.05, 0.1) is 12.1 Å². The largest absolute Gasteiger partial charge is 0.480 e. The van der Waals surface area contributed by atoms with Crippen LogP contribution in [0, 0.1) is 0 Å². The Balaban J connectivity index is 2.03. The standard InChI is InChI=1S/C11H18N2O4/c14-7-5-8(12-6-7)10(15)13-4-2-1-3-9(13)11(16)17/h7-9,12,14H,1-6H2,(H,16,17)/t7?,8?,9-/m0/s1. The fourth-order valence-corrected chi connectivity index (χ4v) is 2.56. The quantitative estimate of drug-likeness (QED) is 0.588. The van der Waals surface area contributed by atoms with E-state index in [4.69, 9.17) is 5.11 Å². The molecule has 96 valence electrons. The number of carboxylic acid groups (broad SMARTS) is 1. The van der Waals surface area contributed by atoms with Crippen LogP contribution < -0.4 is 5.32 Å². The summed E-state index contributed by atoms with van der Waals surface area (Å²) in [6, 6.07) is -1.12. The van der Waals surface area contributed by atoms with Gasteiger partial charge in [0.1, 0.15) is 6.04 Å². The van der Waals surface area contributed by atoms with Crippen LogP contribution in [0.5, 0.6) is 0 Å². The highest BCUT2D eigenvalue weighted by atomic mass is 16.4. The van der Waals surface area contributed by atoms with Crippen LogP contribution >= 0.6 is 0 Å². The second-order valence-electron chi connectivity index (χ2n) is 4.73. The molecule has 0 aromatic rings. The van der Waals surface area contributed by atoms with Gasteiger partial charge in [-0.25, -0.2) is 4.79 Å². The maximum absolute atomic E-state index is 12.1. The van der Waals surface area contributed by atoms with Crippen molar-refractivity contribution in [3.63, 3.8) is 0 Å². The molecule has 2 fully saturated rings. The topological polar surface area (TPSA) is 89.9 Å². The zero-order chi connectivity index (χ0) is 12.4. The number of aliphatic carboxylic acids is 1. The summed E-state index contributed by atoms with van der Waals surface area (Å²) in [5, 5.41) is 21.4. The minimum Gasteiger partial charge on any atom is -0.480 e. The number of amides is 1. The Morgan fingerprint density at radius 1 is 1.29 bits per heavy atom. The van der Waals surface area contributed by atoms with Crippen LogP contribution in [-0.2, 0) is 9.59 Å². The van der Waals surface area contributed by atoms with Gasteiger partial charge in [-0.15, -0.1) is 0 Å². The summed E-state index contributed by atoms with van der Waals surface area (Å²) >= 11 is 0. The van der Waals surface area contributed by atoms with E-state index in [1.165, 1.54) is 4.90 Å². The highest BCUT2D eigenvalue weighted by Gasteiger charge is 2.37. The van der Waals surface area contributed by atoms with Gasteiger partial charge in [0.15, 0.2) is 0 Å². The molecule has 2 rings (SSSR count). The number of carboxylic acids is 1. The van der Waals surface area contributed by atoms with Gasteiger partial charge in [-0.3, -0.25) is 4.79 Å². The normalized spacial score (nSPS) is 33.7. The molecule has 2 heterocycles. The lowest BCUT2D eigenvalue weighted by Gasteiger charge is -2.34. The number of aliphatic hydroxyl groups excluding tert-OH is 1. The first-order chi connectivity index (χ1) is 8.09. The molecule has 0 radical (unpaired) electrons. The number of piperidine rings is 1. The lowest BCUT2D eigenvalue weighted by molar-refractivity contribution is -0.152. The van der Waals surface area contributed by atoms with E-state index >= 15 is 0 Å². The van der Waals surface area contributed by atoms with Crippen molar-refractivity contribution in [2.75, 3.05) is 13.1 Å². The number of carbonyl (C=O) groups is 2. The van der Waals surface area contributed by atoms with Gasteiger partial charge in [-0.2, -0.15) is 0 Å². The molecule has 6 heteroatoms. The zero-order valence-corrected chi connectivity index (χ0v) is 9.63. The number of carbonyl (C=O) groups excluding carboxylic acids is 1. The van der Waals surface area contributed by atoms with Crippen molar-refractivity contribution >= 4 is 11.9 Å². The molecule has 3 atom stereocenters. The third-order valence-corrected chi connectivity index (χ3v) is 3.48. The lowest BCUT2D eigenvalue weighted by Crippen LogP contribution is -2.53. The van der Waals surface area contributed by atoms with Crippen LogP contribution in [0.15, 0.2) is 0 Å². The van der Waals surface area contributed by atoms with E-state index < -0.39 is 24.2 Å². The molecular weight excluding hydrogens is 224 g/mol. The molecule has 3 N–H and O–H groups in total. The van der Waals surface area contributed by atoms with Crippen LogP contribution in [0.25, 0.3) is 0 Å².